The molecule has 0 bridgehead atoms. The summed E-state index contributed by atoms with van der Waals surface area (Å²) in [6, 6.07) is -0.929. The number of nitrogens with zero attached hydrogens (tertiary/aromatic N) is 5. The van der Waals surface area contributed by atoms with E-state index in [2.05, 4.69) is 22.2 Å². The lowest BCUT2D eigenvalue weighted by Gasteiger charge is -2.32. The summed E-state index contributed by atoms with van der Waals surface area (Å²) in [5.74, 6) is -0.160. The van der Waals surface area contributed by atoms with Gasteiger partial charge in [-0.2, -0.15) is 4.98 Å². The lowest BCUT2D eigenvalue weighted by atomic mass is 10.1. The topological polar surface area (TPSA) is 102 Å². The minimum Gasteiger partial charge on any atom is -0.480 e. The molecule has 1 heterocycles. The van der Waals surface area contributed by atoms with Crippen LogP contribution in [0, 0.1) is 0 Å². The van der Waals surface area contributed by atoms with Gasteiger partial charge in [0.05, 0.1) is 6.20 Å². The van der Waals surface area contributed by atoms with Gasteiger partial charge in [-0.1, -0.05) is 19.8 Å². The van der Waals surface area contributed by atoms with Gasteiger partial charge in [-0.15, -0.1) is 0 Å². The van der Waals surface area contributed by atoms with E-state index < -0.39 is 12.0 Å². The predicted octanol–water partition coefficient (Wildman–Crippen LogP) is 3.66. The Morgan fingerprint density at radius 1 is 1.13 bits per heavy atom. The van der Waals surface area contributed by atoms with Crippen molar-refractivity contribution in [2.24, 2.45) is 0 Å². The molecule has 0 fully saturated rings. The van der Waals surface area contributed by atoms with Crippen LogP contribution in [0.5, 0.6) is 0 Å². The first-order chi connectivity index (χ1) is 14.2. The number of hydrogen-bond donors (Lipinski definition) is 2. The SMILES string of the molecule is CCCCC(C)N(C)C(=O)N(CC)c1cnc(N(CC)CC)nc1NC(C)C(=O)O. The number of nitrogens with one attached hydrogen (secondary N) is 1. The molecule has 2 atom stereocenters. The average Bonchev–Trinajstić information content (AvgIpc) is 2.73. The largest absolute Gasteiger partial charge is 0.480 e. The number of urea groups is 1. The van der Waals surface area contributed by atoms with Crippen LogP contribution in [0.1, 0.15) is 60.8 Å². The third-order valence-electron chi connectivity index (χ3n) is 5.30. The van der Waals surface area contributed by atoms with Crippen molar-refractivity contribution in [1.82, 2.24) is 14.9 Å². The van der Waals surface area contributed by atoms with Gasteiger partial charge in [0.15, 0.2) is 5.82 Å². The summed E-state index contributed by atoms with van der Waals surface area (Å²) >= 11 is 0. The Hall–Kier alpha value is -2.58. The normalized spacial score (nSPS) is 12.8. The maximum Gasteiger partial charge on any atom is 0.325 e. The van der Waals surface area contributed by atoms with Gasteiger partial charge in [0.2, 0.25) is 5.95 Å². The second-order valence-electron chi connectivity index (χ2n) is 7.41. The number of anilines is 3. The highest BCUT2D eigenvalue weighted by Crippen LogP contribution is 2.27. The number of carboxylic acids is 1. The Morgan fingerprint density at radius 2 is 1.77 bits per heavy atom. The Balaban J connectivity index is 3.32. The number of amides is 2. The van der Waals surface area contributed by atoms with Crippen molar-refractivity contribution in [3.05, 3.63) is 6.20 Å². The van der Waals surface area contributed by atoms with Crippen LogP contribution in [0.3, 0.4) is 0 Å². The Labute approximate surface area is 180 Å². The van der Waals surface area contributed by atoms with E-state index in [0.717, 1.165) is 32.4 Å². The van der Waals surface area contributed by atoms with E-state index in [4.69, 9.17) is 0 Å². The van der Waals surface area contributed by atoms with E-state index in [1.165, 1.54) is 0 Å². The molecule has 2 N–H and O–H groups in total. The average molecular weight is 423 g/mol. The molecule has 0 aliphatic heterocycles. The third kappa shape index (κ3) is 6.47. The first-order valence-electron chi connectivity index (χ1n) is 10.9. The number of carbonyl (C=O) groups is 2. The van der Waals surface area contributed by atoms with E-state index in [1.807, 2.05) is 32.6 Å². The summed E-state index contributed by atoms with van der Waals surface area (Å²) in [5, 5.41) is 12.3. The van der Waals surface area contributed by atoms with Crippen molar-refractivity contribution in [2.75, 3.05) is 41.8 Å². The molecular weight excluding hydrogens is 384 g/mol. The number of carboxylic acid groups (broad SMARTS) is 1. The molecule has 0 aliphatic rings. The zero-order chi connectivity index (χ0) is 22.8. The summed E-state index contributed by atoms with van der Waals surface area (Å²) in [4.78, 5) is 38.9. The van der Waals surface area contributed by atoms with E-state index >= 15 is 0 Å². The molecule has 0 radical (unpaired) electrons. The van der Waals surface area contributed by atoms with Gasteiger partial charge in [0.25, 0.3) is 0 Å². The number of aromatic nitrogens is 2. The summed E-state index contributed by atoms with van der Waals surface area (Å²) in [7, 11) is 1.80. The molecule has 0 saturated carbocycles. The fourth-order valence-corrected chi connectivity index (χ4v) is 3.08. The Kier molecular flexibility index (Phi) is 10.3. The summed E-state index contributed by atoms with van der Waals surface area (Å²) in [5.41, 5.74) is 0.473. The van der Waals surface area contributed by atoms with Crippen molar-refractivity contribution in [2.45, 2.75) is 72.9 Å². The molecule has 1 aromatic heterocycles. The zero-order valence-corrected chi connectivity index (χ0v) is 19.5. The molecule has 0 saturated heterocycles. The number of hydrogen-bond acceptors (Lipinski definition) is 6. The first kappa shape index (κ1) is 25.5. The monoisotopic (exact) mass is 422 g/mol. The molecule has 0 aliphatic carbocycles. The summed E-state index contributed by atoms with van der Waals surface area (Å²) < 4.78 is 0. The minimum atomic E-state index is -0.997. The van der Waals surface area contributed by atoms with E-state index in [1.54, 1.807) is 30.0 Å². The smallest absolute Gasteiger partial charge is 0.325 e. The summed E-state index contributed by atoms with van der Waals surface area (Å²) in [6.07, 6.45) is 4.65. The lowest BCUT2D eigenvalue weighted by Crippen LogP contribution is -2.45. The molecular formula is C21H38N6O3. The van der Waals surface area contributed by atoms with Crippen LogP contribution in [0.4, 0.5) is 22.2 Å². The highest BCUT2D eigenvalue weighted by atomic mass is 16.4. The van der Waals surface area contributed by atoms with Crippen LogP contribution >= 0.6 is 0 Å². The molecule has 1 rings (SSSR count). The van der Waals surface area contributed by atoms with Gasteiger partial charge < -0.3 is 20.2 Å². The molecule has 2 amide bonds. The van der Waals surface area contributed by atoms with E-state index in [-0.39, 0.29) is 12.1 Å². The highest BCUT2D eigenvalue weighted by molar-refractivity contribution is 5.95. The number of unbranched alkanes of at least 4 members (excludes halogenated alkanes) is 1. The minimum absolute atomic E-state index is 0.0942. The maximum absolute atomic E-state index is 13.2. The van der Waals surface area contributed by atoms with Crippen molar-refractivity contribution in [3.63, 3.8) is 0 Å². The Morgan fingerprint density at radius 3 is 2.27 bits per heavy atom. The molecule has 0 spiro atoms. The molecule has 9 nitrogen and oxygen atoms in total. The number of aliphatic carboxylic acids is 1. The molecule has 170 valence electrons. The van der Waals surface area contributed by atoms with E-state index in [9.17, 15) is 14.7 Å². The van der Waals surface area contributed by atoms with E-state index in [0.29, 0.717) is 24.0 Å². The predicted molar refractivity (Wildman–Crippen MR) is 121 cm³/mol. The fraction of sp³-hybridized carbons (Fsp3) is 0.714. The highest BCUT2D eigenvalue weighted by Gasteiger charge is 2.26. The quantitative estimate of drug-likeness (QED) is 0.530. The van der Waals surface area contributed by atoms with Gasteiger partial charge in [-0.25, -0.2) is 9.78 Å². The molecule has 30 heavy (non-hydrogen) atoms. The second-order valence-corrected chi connectivity index (χ2v) is 7.41. The number of rotatable bonds is 12. The van der Waals surface area contributed by atoms with Gasteiger partial charge in [0.1, 0.15) is 11.7 Å². The van der Waals surface area contributed by atoms with Crippen LogP contribution in [-0.2, 0) is 4.79 Å². The van der Waals surface area contributed by atoms with Crippen LogP contribution in [-0.4, -0.2) is 70.7 Å². The van der Waals surface area contributed by atoms with Crippen molar-refractivity contribution in [3.8, 4) is 0 Å². The van der Waals surface area contributed by atoms with Gasteiger partial charge in [0, 0.05) is 32.7 Å². The molecule has 1 aromatic rings. The Bertz CT molecular complexity index is 695. The standard InChI is InChI=1S/C21H38N6O3/c1-8-12-13-15(5)25(7)21(30)27(11-4)17-14-22-20(26(9-2)10-3)24-18(17)23-16(6)19(28)29/h14-16H,8-13H2,1-7H3,(H,28,29)(H,22,23,24). The molecule has 9 heteroatoms. The van der Waals surface area contributed by atoms with Gasteiger partial charge >= 0.3 is 12.0 Å². The van der Waals surface area contributed by atoms with Crippen LogP contribution in [0.25, 0.3) is 0 Å². The number of carbonyl (C=O) groups excluding carboxylic acids is 1. The van der Waals surface area contributed by atoms with Crippen LogP contribution in [0.2, 0.25) is 0 Å². The zero-order valence-electron chi connectivity index (χ0n) is 19.5. The van der Waals surface area contributed by atoms with Crippen LogP contribution in [0.15, 0.2) is 6.20 Å². The molecule has 2 unspecified atom stereocenters. The first-order valence-corrected chi connectivity index (χ1v) is 10.9. The van der Waals surface area contributed by atoms with Crippen LogP contribution < -0.4 is 15.1 Å². The van der Waals surface area contributed by atoms with Crippen molar-refractivity contribution >= 4 is 29.5 Å². The third-order valence-corrected chi connectivity index (χ3v) is 5.30. The molecule has 0 aromatic carbocycles. The fourth-order valence-electron chi connectivity index (χ4n) is 3.08. The van der Waals surface area contributed by atoms with Gasteiger partial charge in [-0.05, 0) is 41.0 Å². The van der Waals surface area contributed by atoms with Crippen molar-refractivity contribution in [1.29, 1.82) is 0 Å². The van der Waals surface area contributed by atoms with Gasteiger partial charge in [-0.3, -0.25) is 9.69 Å². The summed E-state index contributed by atoms with van der Waals surface area (Å²) in [6.45, 7) is 13.4. The lowest BCUT2D eigenvalue weighted by molar-refractivity contribution is -0.137. The maximum atomic E-state index is 13.2. The van der Waals surface area contributed by atoms with Crippen molar-refractivity contribution < 1.29 is 14.7 Å². The second kappa shape index (κ2) is 12.2.